The van der Waals surface area contributed by atoms with Crippen LogP contribution in [0.25, 0.3) is 10.9 Å². The predicted molar refractivity (Wildman–Crippen MR) is 121 cm³/mol. The molecule has 5 heteroatoms. The van der Waals surface area contributed by atoms with Crippen molar-refractivity contribution in [1.29, 1.82) is 0 Å². The Kier molecular flexibility index (Phi) is 4.83. The van der Waals surface area contributed by atoms with E-state index in [1.54, 1.807) is 0 Å². The average Bonchev–Trinajstić information content (AvgIpc) is 3.40. The normalized spacial score (nSPS) is 33.2. The minimum Gasteiger partial charge on any atom is -0.352 e. The zero-order chi connectivity index (χ0) is 19.4. The van der Waals surface area contributed by atoms with Gasteiger partial charge in [0.1, 0.15) is 0 Å². The number of aromatic amines is 1. The summed E-state index contributed by atoms with van der Waals surface area (Å²) in [5.74, 6) is 0.442. The van der Waals surface area contributed by atoms with Crippen LogP contribution in [0.3, 0.4) is 0 Å². The summed E-state index contributed by atoms with van der Waals surface area (Å²) in [4.78, 5) is 18.7. The summed E-state index contributed by atoms with van der Waals surface area (Å²) in [6.45, 7) is 3.26. The second-order valence-corrected chi connectivity index (χ2v) is 10.1. The lowest BCUT2D eigenvalue weighted by molar-refractivity contribution is -0.915. The van der Waals surface area contributed by atoms with E-state index in [0.717, 1.165) is 30.2 Å². The third kappa shape index (κ3) is 2.45. The zero-order valence-corrected chi connectivity index (χ0v) is 18.9. The van der Waals surface area contributed by atoms with E-state index in [0.29, 0.717) is 18.4 Å². The van der Waals surface area contributed by atoms with Crippen LogP contribution >= 0.6 is 22.6 Å². The molecule has 1 saturated heterocycles. The topological polar surface area (TPSA) is 49.3 Å². The summed E-state index contributed by atoms with van der Waals surface area (Å²) in [6.07, 6.45) is 8.78. The molecule has 1 amide bonds. The maximum absolute atomic E-state index is 13.6. The van der Waals surface area contributed by atoms with Crippen LogP contribution in [0, 0.1) is 5.41 Å². The van der Waals surface area contributed by atoms with E-state index in [2.05, 4.69) is 64.1 Å². The maximum atomic E-state index is 13.6. The molecular formula is C23H31IN3O+. The number of rotatable bonds is 4. The van der Waals surface area contributed by atoms with Crippen molar-refractivity contribution < 1.29 is 9.69 Å². The van der Waals surface area contributed by atoms with Gasteiger partial charge in [-0.25, -0.2) is 9.69 Å². The Morgan fingerprint density at radius 2 is 2.04 bits per heavy atom. The highest BCUT2D eigenvalue weighted by molar-refractivity contribution is 14.1. The summed E-state index contributed by atoms with van der Waals surface area (Å²) in [6, 6.07) is 9.16. The third-order valence-corrected chi connectivity index (χ3v) is 8.51. The number of fused-ring (bicyclic) bond motifs is 4. The van der Waals surface area contributed by atoms with Crippen LogP contribution in [-0.2, 0) is 16.9 Å². The molecule has 5 rings (SSSR count). The van der Waals surface area contributed by atoms with Gasteiger partial charge in [-0.05, 0) is 56.6 Å². The molecule has 1 aromatic carbocycles. The average molecular weight is 492 g/mol. The van der Waals surface area contributed by atoms with E-state index in [4.69, 9.17) is 0 Å². The number of nitrogens with one attached hydrogen (secondary N) is 3. The SMILES string of the molecule is CCC1(CCI)CC(=O)[NH+](C2CCCC2)C12NCCc1c2[nH]c2ccccc12. The lowest BCUT2D eigenvalue weighted by atomic mass is 9.67. The smallest absolute Gasteiger partial charge is 0.315 e. The number of likely N-dealkylation sites (tertiary alicyclic amines) is 1. The maximum Gasteiger partial charge on any atom is 0.315 e. The number of hydrogen-bond acceptors (Lipinski definition) is 2. The number of alkyl halides is 1. The van der Waals surface area contributed by atoms with Gasteiger partial charge < -0.3 is 4.98 Å². The highest BCUT2D eigenvalue weighted by Gasteiger charge is 2.70. The van der Waals surface area contributed by atoms with E-state index in [1.165, 1.54) is 52.7 Å². The second-order valence-electron chi connectivity index (χ2n) is 9.02. The number of amides is 1. The van der Waals surface area contributed by atoms with Crippen LogP contribution in [0.2, 0.25) is 0 Å². The molecule has 3 heterocycles. The van der Waals surface area contributed by atoms with Crippen molar-refractivity contribution in [2.45, 2.75) is 70.0 Å². The quantitative estimate of drug-likeness (QED) is 0.453. The Hall–Kier alpha value is -0.920. The van der Waals surface area contributed by atoms with Gasteiger partial charge in [0.25, 0.3) is 0 Å². The van der Waals surface area contributed by atoms with Crippen LogP contribution in [-0.4, -0.2) is 27.9 Å². The van der Waals surface area contributed by atoms with Gasteiger partial charge in [0, 0.05) is 21.9 Å². The Balaban J connectivity index is 1.78. The number of benzene rings is 1. The summed E-state index contributed by atoms with van der Waals surface area (Å²) in [7, 11) is 0. The number of quaternary nitrogens is 1. The summed E-state index contributed by atoms with van der Waals surface area (Å²) in [5.41, 5.74) is 3.68. The molecule has 1 aromatic heterocycles. The van der Waals surface area contributed by atoms with Crippen LogP contribution in [0.1, 0.15) is 63.1 Å². The van der Waals surface area contributed by atoms with Crippen molar-refractivity contribution in [1.82, 2.24) is 10.3 Å². The Labute approximate surface area is 181 Å². The molecular weight excluding hydrogens is 461 g/mol. The fraction of sp³-hybridized carbons (Fsp3) is 0.609. The van der Waals surface area contributed by atoms with E-state index in [-0.39, 0.29) is 11.1 Å². The van der Waals surface area contributed by atoms with Crippen molar-refractivity contribution in [2.24, 2.45) is 5.41 Å². The Morgan fingerprint density at radius 1 is 1.25 bits per heavy atom. The number of hydrogen-bond donors (Lipinski definition) is 3. The van der Waals surface area contributed by atoms with Gasteiger partial charge in [0.15, 0.2) is 0 Å². The first-order valence-electron chi connectivity index (χ1n) is 11.0. The first-order chi connectivity index (χ1) is 13.7. The third-order valence-electron chi connectivity index (χ3n) is 7.97. The first kappa shape index (κ1) is 19.1. The molecule has 1 saturated carbocycles. The monoisotopic (exact) mass is 492 g/mol. The number of halogens is 1. The van der Waals surface area contributed by atoms with Crippen molar-refractivity contribution in [3.05, 3.63) is 35.5 Å². The van der Waals surface area contributed by atoms with Gasteiger partial charge in [-0.2, -0.15) is 0 Å². The van der Waals surface area contributed by atoms with Gasteiger partial charge in [-0.3, -0.25) is 5.32 Å². The molecule has 28 heavy (non-hydrogen) atoms. The van der Waals surface area contributed by atoms with Crippen molar-refractivity contribution >= 4 is 39.4 Å². The summed E-state index contributed by atoms with van der Waals surface area (Å²) < 4.78 is 1.09. The fourth-order valence-corrected chi connectivity index (χ4v) is 7.76. The van der Waals surface area contributed by atoms with Gasteiger partial charge in [-0.1, -0.05) is 47.7 Å². The largest absolute Gasteiger partial charge is 0.352 e. The number of aromatic nitrogens is 1. The van der Waals surface area contributed by atoms with Gasteiger partial charge in [0.05, 0.1) is 23.6 Å². The molecule has 0 radical (unpaired) electrons. The first-order valence-corrected chi connectivity index (χ1v) is 12.5. The van der Waals surface area contributed by atoms with Crippen LogP contribution in [0.15, 0.2) is 24.3 Å². The molecule has 4 nitrogen and oxygen atoms in total. The molecule has 2 fully saturated rings. The molecule has 2 aromatic rings. The number of carbonyl (C=O) groups is 1. The van der Waals surface area contributed by atoms with E-state index in [1.807, 2.05) is 0 Å². The predicted octanol–water partition coefficient (Wildman–Crippen LogP) is 3.45. The molecule has 3 aliphatic rings. The number of H-pyrrole nitrogens is 1. The zero-order valence-electron chi connectivity index (χ0n) is 16.7. The Bertz CT molecular complexity index is 902. The minimum absolute atomic E-state index is 0.0146. The molecule has 0 bridgehead atoms. The molecule has 1 spiro atoms. The van der Waals surface area contributed by atoms with E-state index < -0.39 is 0 Å². The van der Waals surface area contributed by atoms with Crippen LogP contribution < -0.4 is 10.2 Å². The summed E-state index contributed by atoms with van der Waals surface area (Å²) in [5, 5.41) is 5.35. The standard InChI is InChI=1S/C23H30IN3O/c1-2-22(12-13-24)15-20(28)27(16-7-3-4-8-16)23(22)21-18(11-14-25-23)17-9-5-6-10-19(17)26-21/h5-6,9-10,16,25-26H,2-4,7-8,11-15H2,1H3/p+1. The molecule has 3 unspecified atom stereocenters. The Morgan fingerprint density at radius 3 is 2.79 bits per heavy atom. The van der Waals surface area contributed by atoms with Crippen molar-refractivity contribution in [3.63, 3.8) is 0 Å². The molecule has 2 aliphatic heterocycles. The second kappa shape index (κ2) is 7.10. The number of carbonyl (C=O) groups excluding carboxylic acids is 1. The lowest BCUT2D eigenvalue weighted by Gasteiger charge is -2.49. The fourth-order valence-electron chi connectivity index (χ4n) is 6.73. The molecule has 150 valence electrons. The lowest BCUT2D eigenvalue weighted by Crippen LogP contribution is -3.24. The minimum atomic E-state index is -0.300. The van der Waals surface area contributed by atoms with Crippen LogP contribution in [0.5, 0.6) is 0 Å². The van der Waals surface area contributed by atoms with Crippen molar-refractivity contribution in [2.75, 3.05) is 11.0 Å². The van der Waals surface area contributed by atoms with Gasteiger partial charge in [0.2, 0.25) is 5.66 Å². The molecule has 3 atom stereocenters. The highest BCUT2D eigenvalue weighted by atomic mass is 127. The van der Waals surface area contributed by atoms with E-state index in [9.17, 15) is 4.79 Å². The number of para-hydroxylation sites is 1. The summed E-state index contributed by atoms with van der Waals surface area (Å²) >= 11 is 2.51. The molecule has 3 N–H and O–H groups in total. The highest BCUT2D eigenvalue weighted by Crippen LogP contribution is 2.51. The van der Waals surface area contributed by atoms with Crippen molar-refractivity contribution in [3.8, 4) is 0 Å². The van der Waals surface area contributed by atoms with Gasteiger partial charge >= 0.3 is 5.91 Å². The van der Waals surface area contributed by atoms with Crippen LogP contribution in [0.4, 0.5) is 0 Å². The van der Waals surface area contributed by atoms with Gasteiger partial charge in [-0.15, -0.1) is 0 Å². The molecule has 1 aliphatic carbocycles. The van der Waals surface area contributed by atoms with E-state index >= 15 is 0 Å².